The van der Waals surface area contributed by atoms with Gasteiger partial charge in [0, 0.05) is 42.6 Å². The third-order valence-electron chi connectivity index (χ3n) is 6.00. The predicted molar refractivity (Wildman–Crippen MR) is 119 cm³/mol. The smallest absolute Gasteiger partial charge is 0.328 e. The number of fused-ring (bicyclic) bond motifs is 1. The molecule has 3 aromatic heterocycles. The number of rotatable bonds is 9. The van der Waals surface area contributed by atoms with Gasteiger partial charge in [-0.25, -0.2) is 9.78 Å². The number of pyridine rings is 2. The fraction of sp³-hybridized carbons (Fsp3) is 0.417. The number of aryl methyl sites for hydroxylation is 4. The van der Waals surface area contributed by atoms with E-state index in [1.54, 1.807) is 35.3 Å². The van der Waals surface area contributed by atoms with Crippen LogP contribution in [0.2, 0.25) is 0 Å². The summed E-state index contributed by atoms with van der Waals surface area (Å²) in [7, 11) is 1.51. The maximum atomic E-state index is 13.0. The second kappa shape index (κ2) is 9.80. The van der Waals surface area contributed by atoms with Crippen LogP contribution in [0.1, 0.15) is 54.2 Å². The van der Waals surface area contributed by atoms with Gasteiger partial charge in [0.1, 0.15) is 0 Å². The summed E-state index contributed by atoms with van der Waals surface area (Å²) in [6, 6.07) is 7.06. The maximum Gasteiger partial charge on any atom is 0.328 e. The number of carbonyl (C=O) groups is 1. The lowest BCUT2D eigenvalue weighted by molar-refractivity contribution is -0.137. The highest BCUT2D eigenvalue weighted by Crippen LogP contribution is 2.22. The number of aliphatic carboxylic acids is 1. The number of hydrogen-bond acceptors (Lipinski definition) is 5. The molecule has 32 heavy (non-hydrogen) atoms. The van der Waals surface area contributed by atoms with E-state index >= 15 is 0 Å². The highest BCUT2D eigenvalue weighted by atomic mass is 16.5. The highest BCUT2D eigenvalue weighted by molar-refractivity contribution is 5.68. The van der Waals surface area contributed by atoms with Crippen molar-refractivity contribution < 1.29 is 14.6 Å². The number of nitrogens with zero attached hydrogens (tertiary/aromatic N) is 4. The summed E-state index contributed by atoms with van der Waals surface area (Å²) in [5.74, 6) is -0.549. The lowest BCUT2D eigenvalue weighted by atomic mass is 9.95. The van der Waals surface area contributed by atoms with Crippen molar-refractivity contribution in [1.29, 1.82) is 0 Å². The monoisotopic (exact) mass is 436 g/mol. The number of carboxylic acids is 1. The normalized spacial score (nSPS) is 14.0. The molecule has 8 nitrogen and oxygen atoms in total. The molecular formula is C24H28N4O4. The van der Waals surface area contributed by atoms with Gasteiger partial charge in [0.2, 0.25) is 5.88 Å². The molecule has 1 N–H and O–H groups in total. The molecule has 3 heterocycles. The largest absolute Gasteiger partial charge is 0.481 e. The van der Waals surface area contributed by atoms with E-state index in [0.29, 0.717) is 18.0 Å². The first-order valence-electron chi connectivity index (χ1n) is 11.0. The lowest BCUT2D eigenvalue weighted by Gasteiger charge is -2.16. The van der Waals surface area contributed by atoms with Crippen molar-refractivity contribution in [1.82, 2.24) is 19.1 Å². The summed E-state index contributed by atoms with van der Waals surface area (Å²) < 4.78 is 8.17. The van der Waals surface area contributed by atoms with Gasteiger partial charge < -0.3 is 9.84 Å². The number of methoxy groups -OCH3 is 1. The first-order valence-corrected chi connectivity index (χ1v) is 11.0. The Morgan fingerprint density at radius 3 is 2.78 bits per heavy atom. The van der Waals surface area contributed by atoms with E-state index in [1.807, 2.05) is 0 Å². The molecule has 0 amide bonds. The molecule has 0 aromatic carbocycles. The van der Waals surface area contributed by atoms with Gasteiger partial charge in [-0.05, 0) is 55.7 Å². The molecule has 0 saturated carbocycles. The molecule has 8 heteroatoms. The van der Waals surface area contributed by atoms with Gasteiger partial charge in [-0.1, -0.05) is 12.1 Å². The van der Waals surface area contributed by atoms with E-state index in [2.05, 4.69) is 17.1 Å². The fourth-order valence-corrected chi connectivity index (χ4v) is 4.28. The van der Waals surface area contributed by atoms with Crippen LogP contribution in [0.3, 0.4) is 0 Å². The second-order valence-electron chi connectivity index (χ2n) is 8.15. The van der Waals surface area contributed by atoms with Crippen LogP contribution in [0.15, 0.2) is 47.7 Å². The topological polar surface area (TPSA) is 99.2 Å². The minimum Gasteiger partial charge on any atom is -0.481 e. The average molecular weight is 437 g/mol. The number of aromatic nitrogens is 4. The van der Waals surface area contributed by atoms with E-state index in [-0.39, 0.29) is 12.1 Å². The molecule has 0 bridgehead atoms. The van der Waals surface area contributed by atoms with Crippen LogP contribution < -0.4 is 10.4 Å². The Labute approximate surface area is 186 Å². The van der Waals surface area contributed by atoms with Crippen LogP contribution in [0.4, 0.5) is 0 Å². The van der Waals surface area contributed by atoms with Crippen molar-refractivity contribution in [2.45, 2.75) is 57.5 Å². The highest BCUT2D eigenvalue weighted by Gasteiger charge is 2.21. The first-order chi connectivity index (χ1) is 15.5. The third kappa shape index (κ3) is 4.90. The predicted octanol–water partition coefficient (Wildman–Crippen LogP) is 3.02. The third-order valence-corrected chi connectivity index (χ3v) is 6.00. The molecule has 0 aliphatic heterocycles. The van der Waals surface area contributed by atoms with E-state index in [4.69, 9.17) is 9.72 Å². The minimum absolute atomic E-state index is 0.211. The zero-order valence-corrected chi connectivity index (χ0v) is 18.2. The van der Waals surface area contributed by atoms with Crippen molar-refractivity contribution in [2.75, 3.05) is 7.11 Å². The molecule has 1 aliphatic carbocycles. The van der Waals surface area contributed by atoms with Crippen molar-refractivity contribution in [2.24, 2.45) is 0 Å². The van der Waals surface area contributed by atoms with Crippen LogP contribution in [-0.2, 0) is 30.6 Å². The van der Waals surface area contributed by atoms with Gasteiger partial charge in [0.15, 0.2) is 0 Å². The molecule has 0 spiro atoms. The van der Waals surface area contributed by atoms with Gasteiger partial charge >= 0.3 is 11.7 Å². The SMILES string of the molecule is COc1ccc([C@H](CC(=O)O)n2ccn(CCCc3ccc4c(n3)CCCC4)c2=O)cn1. The Kier molecular flexibility index (Phi) is 6.68. The summed E-state index contributed by atoms with van der Waals surface area (Å²) >= 11 is 0. The van der Waals surface area contributed by atoms with Crippen LogP contribution in [0.25, 0.3) is 0 Å². The summed E-state index contributed by atoms with van der Waals surface area (Å²) in [5.41, 5.74) is 4.07. The molecule has 1 atom stereocenters. The van der Waals surface area contributed by atoms with Crippen molar-refractivity contribution in [3.8, 4) is 5.88 Å². The molecule has 0 unspecified atom stereocenters. The molecule has 1 aliphatic rings. The Morgan fingerprint density at radius 2 is 2.03 bits per heavy atom. The first kappa shape index (κ1) is 21.8. The number of carboxylic acid groups (broad SMARTS) is 1. The number of ether oxygens (including phenoxy) is 1. The van der Waals surface area contributed by atoms with Crippen LogP contribution in [0, 0.1) is 0 Å². The van der Waals surface area contributed by atoms with Crippen LogP contribution in [-0.4, -0.2) is 37.3 Å². The maximum absolute atomic E-state index is 13.0. The summed E-state index contributed by atoms with van der Waals surface area (Å²) in [6.07, 6.45) is 10.9. The van der Waals surface area contributed by atoms with E-state index in [1.165, 1.54) is 35.8 Å². The summed E-state index contributed by atoms with van der Waals surface area (Å²) in [4.78, 5) is 33.4. The van der Waals surface area contributed by atoms with Crippen molar-refractivity contribution in [3.63, 3.8) is 0 Å². The van der Waals surface area contributed by atoms with Crippen LogP contribution in [0.5, 0.6) is 5.88 Å². The van der Waals surface area contributed by atoms with E-state index in [0.717, 1.165) is 31.4 Å². The van der Waals surface area contributed by atoms with Crippen LogP contribution >= 0.6 is 0 Å². The molecule has 0 saturated heterocycles. The quantitative estimate of drug-likeness (QED) is 0.554. The molecule has 4 rings (SSSR count). The zero-order valence-electron chi connectivity index (χ0n) is 18.2. The standard InChI is InChI=1S/C24H28N4O4/c1-32-22-11-9-18(16-25-22)21(15-23(29)30)28-14-13-27(24(28)31)12-4-6-19-10-8-17-5-2-3-7-20(17)26-19/h8-11,13-14,16,21H,2-7,12,15H2,1H3,(H,29,30)/t21-/m0/s1. The minimum atomic E-state index is -0.982. The fourth-order valence-electron chi connectivity index (χ4n) is 4.28. The number of imidazole rings is 1. The summed E-state index contributed by atoms with van der Waals surface area (Å²) in [5, 5.41) is 9.38. The molecule has 168 valence electrons. The lowest BCUT2D eigenvalue weighted by Crippen LogP contribution is -2.29. The number of hydrogen-bond donors (Lipinski definition) is 1. The molecule has 0 radical (unpaired) electrons. The Morgan fingerprint density at radius 1 is 1.19 bits per heavy atom. The van der Waals surface area contributed by atoms with Gasteiger partial charge in [-0.3, -0.25) is 18.9 Å². The molecule has 3 aromatic rings. The second-order valence-corrected chi connectivity index (χ2v) is 8.15. The van der Waals surface area contributed by atoms with Crippen molar-refractivity contribution in [3.05, 3.63) is 75.9 Å². The Balaban J connectivity index is 1.46. The Bertz CT molecular complexity index is 1130. The average Bonchev–Trinajstić information content (AvgIpc) is 3.17. The molecular weight excluding hydrogens is 408 g/mol. The Hall–Kier alpha value is -3.42. The van der Waals surface area contributed by atoms with Gasteiger partial charge in [0.05, 0.1) is 19.6 Å². The van der Waals surface area contributed by atoms with Gasteiger partial charge in [-0.15, -0.1) is 0 Å². The molecule has 0 fully saturated rings. The summed E-state index contributed by atoms with van der Waals surface area (Å²) in [6.45, 7) is 0.547. The van der Waals surface area contributed by atoms with Gasteiger partial charge in [0.25, 0.3) is 0 Å². The van der Waals surface area contributed by atoms with Crippen molar-refractivity contribution >= 4 is 5.97 Å². The van der Waals surface area contributed by atoms with Gasteiger partial charge in [-0.2, -0.15) is 0 Å². The zero-order chi connectivity index (χ0) is 22.5. The van der Waals surface area contributed by atoms with E-state index in [9.17, 15) is 14.7 Å². The van der Waals surface area contributed by atoms with E-state index < -0.39 is 12.0 Å².